The van der Waals surface area contributed by atoms with Crippen molar-refractivity contribution < 1.29 is 19.5 Å². The third-order valence-corrected chi connectivity index (χ3v) is 7.52. The third kappa shape index (κ3) is 5.35. The highest BCUT2D eigenvalue weighted by atomic mass is 16.4. The first kappa shape index (κ1) is 23.2. The second-order valence-electron chi connectivity index (χ2n) is 9.80. The van der Waals surface area contributed by atoms with Crippen molar-refractivity contribution in [3.05, 3.63) is 70.8 Å². The average molecular weight is 448 g/mol. The number of carboxylic acids is 1. The fourth-order valence-corrected chi connectivity index (χ4v) is 5.62. The molecule has 0 bridgehead atoms. The van der Waals surface area contributed by atoms with Crippen LogP contribution >= 0.6 is 0 Å². The second-order valence-corrected chi connectivity index (χ2v) is 9.80. The lowest BCUT2D eigenvalue weighted by Gasteiger charge is -2.31. The maximum Gasteiger partial charge on any atom is 0.335 e. The zero-order valence-electron chi connectivity index (χ0n) is 19.4. The Morgan fingerprint density at radius 1 is 1.03 bits per heavy atom. The Balaban J connectivity index is 1.38. The molecule has 1 amide bonds. The summed E-state index contributed by atoms with van der Waals surface area (Å²) < 4.78 is 0. The van der Waals surface area contributed by atoms with Crippen LogP contribution in [0.1, 0.15) is 78.4 Å². The summed E-state index contributed by atoms with van der Waals surface area (Å²) in [7, 11) is 0. The largest absolute Gasteiger partial charge is 0.478 e. The molecule has 2 aromatic carbocycles. The van der Waals surface area contributed by atoms with Gasteiger partial charge in [-0.05, 0) is 55.9 Å². The first-order valence-corrected chi connectivity index (χ1v) is 12.1. The first-order valence-electron chi connectivity index (χ1n) is 12.1. The lowest BCUT2D eigenvalue weighted by Crippen LogP contribution is -2.37. The van der Waals surface area contributed by atoms with Crippen molar-refractivity contribution in [1.82, 2.24) is 4.90 Å². The molecule has 0 aromatic heterocycles. The zero-order chi connectivity index (χ0) is 23.4. The fourth-order valence-electron chi connectivity index (χ4n) is 5.62. The number of carboxylic acid groups (broad SMARTS) is 1. The summed E-state index contributed by atoms with van der Waals surface area (Å²) in [4.78, 5) is 38.7. The number of carbonyl (C=O) groups is 3. The van der Waals surface area contributed by atoms with E-state index >= 15 is 0 Å². The number of aromatic carboxylic acids is 1. The van der Waals surface area contributed by atoms with Crippen molar-refractivity contribution in [2.75, 3.05) is 6.54 Å². The Labute approximate surface area is 195 Å². The van der Waals surface area contributed by atoms with E-state index in [2.05, 4.69) is 31.2 Å². The van der Waals surface area contributed by atoms with Crippen LogP contribution in [0.15, 0.2) is 48.5 Å². The molecule has 1 saturated heterocycles. The molecule has 1 heterocycles. The van der Waals surface area contributed by atoms with Gasteiger partial charge in [0.05, 0.1) is 5.56 Å². The highest BCUT2D eigenvalue weighted by Gasteiger charge is 2.39. The standard InChI is InChI=1S/C28H33NO4/c1-20-4-10-23(11-5-20)28(15-2-3-16-28)19-25(30)18-24-12-13-26(31)29(24)17-14-21-6-8-22(9-7-21)27(32)33/h4-11,24H,2-3,12-19H2,1H3,(H,32,33). The maximum atomic E-state index is 13.2. The Bertz CT molecular complexity index is 1000. The number of carbonyl (C=O) groups excluding carboxylic acids is 2. The summed E-state index contributed by atoms with van der Waals surface area (Å²) in [6.07, 6.45) is 7.32. The molecule has 174 valence electrons. The maximum absolute atomic E-state index is 13.2. The Morgan fingerprint density at radius 3 is 2.33 bits per heavy atom. The molecule has 0 radical (unpaired) electrons. The number of hydrogen-bond acceptors (Lipinski definition) is 3. The zero-order valence-corrected chi connectivity index (χ0v) is 19.4. The van der Waals surface area contributed by atoms with Gasteiger partial charge < -0.3 is 10.0 Å². The summed E-state index contributed by atoms with van der Waals surface area (Å²) in [5.41, 5.74) is 3.71. The number of ketones is 1. The molecule has 0 spiro atoms. The van der Waals surface area contributed by atoms with E-state index < -0.39 is 5.97 Å². The van der Waals surface area contributed by atoms with E-state index in [1.54, 1.807) is 24.3 Å². The van der Waals surface area contributed by atoms with Gasteiger partial charge in [0.15, 0.2) is 0 Å². The van der Waals surface area contributed by atoms with Gasteiger partial charge in [-0.2, -0.15) is 0 Å². The van der Waals surface area contributed by atoms with Gasteiger partial charge in [0, 0.05) is 37.3 Å². The Kier molecular flexibility index (Phi) is 6.96. The number of hydrogen-bond donors (Lipinski definition) is 1. The van der Waals surface area contributed by atoms with E-state index in [-0.39, 0.29) is 28.7 Å². The fraction of sp³-hybridized carbons (Fsp3) is 0.464. The summed E-state index contributed by atoms with van der Waals surface area (Å²) in [5, 5.41) is 9.05. The van der Waals surface area contributed by atoms with E-state index in [1.807, 2.05) is 4.90 Å². The molecule has 33 heavy (non-hydrogen) atoms. The molecular weight excluding hydrogens is 414 g/mol. The van der Waals surface area contributed by atoms with Gasteiger partial charge in [-0.25, -0.2) is 4.79 Å². The summed E-state index contributed by atoms with van der Waals surface area (Å²) >= 11 is 0. The Hall–Kier alpha value is -2.95. The van der Waals surface area contributed by atoms with Crippen LogP contribution in [-0.2, 0) is 21.4 Å². The van der Waals surface area contributed by atoms with E-state index in [0.29, 0.717) is 32.2 Å². The molecule has 1 saturated carbocycles. The smallest absolute Gasteiger partial charge is 0.335 e. The van der Waals surface area contributed by atoms with Gasteiger partial charge in [-0.3, -0.25) is 9.59 Å². The highest BCUT2D eigenvalue weighted by Crippen LogP contribution is 2.44. The molecule has 1 aliphatic heterocycles. The minimum Gasteiger partial charge on any atom is -0.478 e. The average Bonchev–Trinajstić information content (AvgIpc) is 3.40. The van der Waals surface area contributed by atoms with Gasteiger partial charge in [0.2, 0.25) is 5.91 Å². The molecule has 5 nitrogen and oxygen atoms in total. The third-order valence-electron chi connectivity index (χ3n) is 7.52. The normalized spacial score (nSPS) is 19.7. The van der Waals surface area contributed by atoms with E-state index in [0.717, 1.165) is 37.7 Å². The van der Waals surface area contributed by atoms with Crippen molar-refractivity contribution >= 4 is 17.7 Å². The summed E-state index contributed by atoms with van der Waals surface area (Å²) in [5.74, 6) is -0.572. The Morgan fingerprint density at radius 2 is 1.70 bits per heavy atom. The molecule has 1 unspecified atom stereocenters. The van der Waals surface area contributed by atoms with Crippen LogP contribution in [0.25, 0.3) is 0 Å². The number of rotatable bonds is 9. The molecule has 1 atom stereocenters. The topological polar surface area (TPSA) is 74.7 Å². The first-order chi connectivity index (χ1) is 15.9. The number of aryl methyl sites for hydroxylation is 1. The van der Waals surface area contributed by atoms with Gasteiger partial charge in [0.1, 0.15) is 5.78 Å². The number of amides is 1. The van der Waals surface area contributed by atoms with Crippen molar-refractivity contribution in [3.8, 4) is 0 Å². The van der Waals surface area contributed by atoms with Crippen molar-refractivity contribution in [1.29, 1.82) is 0 Å². The number of Topliss-reactive ketones (excluding diaryl/α,β-unsaturated/α-hetero) is 1. The highest BCUT2D eigenvalue weighted by molar-refractivity contribution is 5.87. The molecule has 2 aromatic rings. The van der Waals surface area contributed by atoms with Crippen LogP contribution in [0.4, 0.5) is 0 Å². The predicted molar refractivity (Wildman–Crippen MR) is 127 cm³/mol. The van der Waals surface area contributed by atoms with Gasteiger partial charge in [0.25, 0.3) is 0 Å². The van der Waals surface area contributed by atoms with Crippen LogP contribution < -0.4 is 0 Å². The second kappa shape index (κ2) is 9.90. The van der Waals surface area contributed by atoms with Crippen LogP contribution in [0.3, 0.4) is 0 Å². The van der Waals surface area contributed by atoms with Gasteiger partial charge >= 0.3 is 5.97 Å². The minimum absolute atomic E-state index is 0.0280. The molecule has 1 aliphatic carbocycles. The molecule has 1 N–H and O–H groups in total. The monoisotopic (exact) mass is 447 g/mol. The lowest BCUT2D eigenvalue weighted by molar-refractivity contribution is -0.129. The lowest BCUT2D eigenvalue weighted by atomic mass is 9.74. The molecule has 5 heteroatoms. The molecular formula is C28H33NO4. The van der Waals surface area contributed by atoms with Crippen molar-refractivity contribution in [3.63, 3.8) is 0 Å². The van der Waals surface area contributed by atoms with Crippen LogP contribution in [-0.4, -0.2) is 40.3 Å². The van der Waals surface area contributed by atoms with Crippen molar-refractivity contribution in [2.45, 2.75) is 76.2 Å². The molecule has 4 rings (SSSR count). The van der Waals surface area contributed by atoms with Crippen LogP contribution in [0, 0.1) is 6.92 Å². The number of benzene rings is 2. The van der Waals surface area contributed by atoms with Crippen molar-refractivity contribution in [2.24, 2.45) is 0 Å². The SMILES string of the molecule is Cc1ccc(C2(CC(=O)CC3CCC(=O)N3CCc3ccc(C(=O)O)cc3)CCCC2)cc1. The van der Waals surface area contributed by atoms with Crippen LogP contribution in [0.2, 0.25) is 0 Å². The van der Waals surface area contributed by atoms with E-state index in [4.69, 9.17) is 5.11 Å². The molecule has 2 aliphatic rings. The number of likely N-dealkylation sites (tertiary alicyclic amines) is 1. The predicted octanol–water partition coefficient (Wildman–Crippen LogP) is 5.09. The van der Waals surface area contributed by atoms with E-state index in [9.17, 15) is 14.4 Å². The molecule has 2 fully saturated rings. The van der Waals surface area contributed by atoms with Gasteiger partial charge in [-0.1, -0.05) is 54.8 Å². The van der Waals surface area contributed by atoms with Gasteiger partial charge in [-0.15, -0.1) is 0 Å². The number of nitrogens with zero attached hydrogens (tertiary/aromatic N) is 1. The summed E-state index contributed by atoms with van der Waals surface area (Å²) in [6, 6.07) is 15.4. The van der Waals surface area contributed by atoms with E-state index in [1.165, 1.54) is 11.1 Å². The quantitative estimate of drug-likeness (QED) is 0.581. The summed E-state index contributed by atoms with van der Waals surface area (Å²) in [6.45, 7) is 2.65. The minimum atomic E-state index is -0.944. The van der Waals surface area contributed by atoms with Crippen LogP contribution in [0.5, 0.6) is 0 Å².